The number of hydrogen-bond donors (Lipinski definition) is 0. The first-order chi connectivity index (χ1) is 5.49. The molecule has 0 unspecified atom stereocenters. The summed E-state index contributed by atoms with van der Waals surface area (Å²) < 4.78 is 24.1. The maximum atomic E-state index is 12.1. The highest BCUT2D eigenvalue weighted by molar-refractivity contribution is 5.23. The second-order valence-corrected chi connectivity index (χ2v) is 2.83. The smallest absolute Gasteiger partial charge is 0.212 e. The molecule has 0 saturated carbocycles. The zero-order valence-electron chi connectivity index (χ0n) is 7.59. The monoisotopic (exact) mass is 176 g/mol. The van der Waals surface area contributed by atoms with Crippen LogP contribution >= 0.6 is 0 Å². The molecule has 12 heavy (non-hydrogen) atoms. The van der Waals surface area contributed by atoms with Crippen molar-refractivity contribution in [1.82, 2.24) is 5.01 Å². The number of rotatable bonds is 4. The highest BCUT2D eigenvalue weighted by atomic mass is 19.3. The summed E-state index contributed by atoms with van der Waals surface area (Å²) in [5, 5.41) is 3.72. The maximum absolute atomic E-state index is 12.1. The molecule has 0 saturated heterocycles. The van der Waals surface area contributed by atoms with Crippen LogP contribution in [0.1, 0.15) is 20.8 Å². The van der Waals surface area contributed by atoms with Crippen LogP contribution in [0.15, 0.2) is 16.9 Å². The van der Waals surface area contributed by atoms with Crippen molar-refractivity contribution in [3.63, 3.8) is 0 Å². The van der Waals surface area contributed by atoms with Gasteiger partial charge in [-0.15, -0.1) is 0 Å². The first kappa shape index (κ1) is 11.1. The molecular formula is C8H14F2N2. The molecule has 0 fully saturated rings. The van der Waals surface area contributed by atoms with Crippen LogP contribution in [0.5, 0.6) is 0 Å². The predicted molar refractivity (Wildman–Crippen MR) is 46.0 cm³/mol. The molecule has 0 atom stereocenters. The number of allylic oxidation sites excluding steroid dienone is 1. The van der Waals surface area contributed by atoms with E-state index in [2.05, 4.69) is 11.8 Å². The Kier molecular flexibility index (Phi) is 4.47. The van der Waals surface area contributed by atoms with E-state index < -0.39 is 6.55 Å². The number of alkyl halides is 2. The minimum absolute atomic E-state index is 0.244. The third-order valence-electron chi connectivity index (χ3n) is 1.61. The average molecular weight is 176 g/mol. The molecule has 0 spiro atoms. The van der Waals surface area contributed by atoms with E-state index in [9.17, 15) is 8.78 Å². The van der Waals surface area contributed by atoms with Crippen LogP contribution in [0.4, 0.5) is 8.78 Å². The lowest BCUT2D eigenvalue weighted by molar-refractivity contribution is 0.00743. The van der Waals surface area contributed by atoms with Gasteiger partial charge in [-0.1, -0.05) is 19.4 Å². The summed E-state index contributed by atoms with van der Waals surface area (Å²) in [6.07, 6.45) is 1.31. The molecule has 0 bridgehead atoms. The first-order valence-electron chi connectivity index (χ1n) is 3.70. The molecule has 2 nitrogen and oxygen atoms in total. The van der Waals surface area contributed by atoms with Crippen molar-refractivity contribution in [3.05, 3.63) is 11.8 Å². The Morgan fingerprint density at radius 1 is 1.50 bits per heavy atom. The number of nitrogens with zero attached hydrogens (tertiary/aromatic N) is 2. The van der Waals surface area contributed by atoms with Gasteiger partial charge in [0.2, 0.25) is 0 Å². The van der Waals surface area contributed by atoms with Crippen molar-refractivity contribution in [1.29, 1.82) is 0 Å². The third-order valence-corrected chi connectivity index (χ3v) is 1.61. The minimum Gasteiger partial charge on any atom is -0.212 e. The summed E-state index contributed by atoms with van der Waals surface area (Å²) in [7, 11) is 0. The summed E-state index contributed by atoms with van der Waals surface area (Å²) in [5.41, 5.74) is 0.850. The van der Waals surface area contributed by atoms with Gasteiger partial charge in [0, 0.05) is 12.9 Å². The van der Waals surface area contributed by atoms with Gasteiger partial charge in [-0.3, -0.25) is 0 Å². The molecule has 0 aliphatic carbocycles. The van der Waals surface area contributed by atoms with Crippen LogP contribution in [-0.2, 0) is 0 Å². The van der Waals surface area contributed by atoms with Gasteiger partial charge in [0.05, 0.1) is 0 Å². The molecule has 4 heteroatoms. The Morgan fingerprint density at radius 3 is 2.25 bits per heavy atom. The van der Waals surface area contributed by atoms with Gasteiger partial charge in [-0.25, -0.2) is 5.01 Å². The normalized spacial score (nSPS) is 12.4. The van der Waals surface area contributed by atoms with Crippen LogP contribution in [0.25, 0.3) is 0 Å². The first-order valence-corrected chi connectivity index (χ1v) is 3.70. The van der Waals surface area contributed by atoms with Crippen molar-refractivity contribution in [2.75, 3.05) is 0 Å². The molecule has 0 aromatic carbocycles. The van der Waals surface area contributed by atoms with E-state index in [0.29, 0.717) is 5.01 Å². The van der Waals surface area contributed by atoms with Crippen molar-refractivity contribution >= 4 is 6.72 Å². The molecule has 0 amide bonds. The molecular weight excluding hydrogens is 162 g/mol. The van der Waals surface area contributed by atoms with Gasteiger partial charge in [0.1, 0.15) is 0 Å². The lowest BCUT2D eigenvalue weighted by Gasteiger charge is -2.14. The summed E-state index contributed by atoms with van der Waals surface area (Å²) in [5.74, 6) is 0.244. The zero-order valence-corrected chi connectivity index (χ0v) is 7.59. The van der Waals surface area contributed by atoms with Gasteiger partial charge in [0.15, 0.2) is 0 Å². The third kappa shape index (κ3) is 3.46. The Bertz CT molecular complexity index is 176. The topological polar surface area (TPSA) is 15.6 Å². The van der Waals surface area contributed by atoms with E-state index in [-0.39, 0.29) is 5.92 Å². The summed E-state index contributed by atoms with van der Waals surface area (Å²) in [6.45, 7) is 6.07. The Hall–Kier alpha value is -0.930. The summed E-state index contributed by atoms with van der Waals surface area (Å²) >= 11 is 0. The van der Waals surface area contributed by atoms with E-state index in [4.69, 9.17) is 0 Å². The van der Waals surface area contributed by atoms with Gasteiger partial charge in [-0.2, -0.15) is 13.9 Å². The highest BCUT2D eigenvalue weighted by Crippen LogP contribution is 2.12. The number of halogens is 2. The molecule has 0 rings (SSSR count). The minimum atomic E-state index is -2.61. The molecule has 0 heterocycles. The van der Waals surface area contributed by atoms with Crippen molar-refractivity contribution < 1.29 is 8.78 Å². The Morgan fingerprint density at radius 2 is 2.00 bits per heavy atom. The fourth-order valence-corrected chi connectivity index (χ4v) is 0.517. The second kappa shape index (κ2) is 4.85. The number of hydrogen-bond acceptors (Lipinski definition) is 2. The molecule has 0 N–H and O–H groups in total. The second-order valence-electron chi connectivity index (χ2n) is 2.83. The number of hydrazone groups is 1. The van der Waals surface area contributed by atoms with Crippen LogP contribution in [0.3, 0.4) is 0 Å². The standard InChI is InChI=1S/C8H14F2N2/c1-6(2)7(3)5-12(11-4)8(9)10/h5-6,8H,4H2,1-3H3/b7-5+. The molecule has 0 aromatic rings. The van der Waals surface area contributed by atoms with Gasteiger partial charge >= 0.3 is 6.55 Å². The van der Waals surface area contributed by atoms with Gasteiger partial charge < -0.3 is 0 Å². The van der Waals surface area contributed by atoms with Gasteiger partial charge in [0.25, 0.3) is 0 Å². The largest absolute Gasteiger partial charge is 0.333 e. The van der Waals surface area contributed by atoms with Crippen LogP contribution < -0.4 is 0 Å². The van der Waals surface area contributed by atoms with E-state index in [0.717, 1.165) is 5.57 Å². The van der Waals surface area contributed by atoms with E-state index in [1.807, 2.05) is 13.8 Å². The predicted octanol–water partition coefficient (Wildman–Crippen LogP) is 2.69. The van der Waals surface area contributed by atoms with Crippen LogP contribution in [0, 0.1) is 5.92 Å². The SMILES string of the molecule is C=NN(/C=C(\C)C(C)C)C(F)F. The van der Waals surface area contributed by atoms with E-state index in [1.54, 1.807) is 6.92 Å². The fourth-order valence-electron chi connectivity index (χ4n) is 0.517. The Balaban J connectivity index is 4.35. The molecule has 0 aliphatic rings. The highest BCUT2D eigenvalue weighted by Gasteiger charge is 2.10. The fraction of sp³-hybridized carbons (Fsp3) is 0.625. The van der Waals surface area contributed by atoms with E-state index >= 15 is 0 Å². The lowest BCUT2D eigenvalue weighted by atomic mass is 10.1. The van der Waals surface area contributed by atoms with Crippen molar-refractivity contribution in [2.45, 2.75) is 27.3 Å². The summed E-state index contributed by atoms with van der Waals surface area (Å²) in [6, 6.07) is 0. The quantitative estimate of drug-likeness (QED) is 0.365. The van der Waals surface area contributed by atoms with Crippen molar-refractivity contribution in [2.24, 2.45) is 11.0 Å². The zero-order chi connectivity index (χ0) is 9.72. The van der Waals surface area contributed by atoms with Crippen LogP contribution in [0.2, 0.25) is 0 Å². The van der Waals surface area contributed by atoms with Crippen LogP contribution in [-0.4, -0.2) is 18.3 Å². The maximum Gasteiger partial charge on any atom is 0.333 e. The molecule has 0 radical (unpaired) electrons. The lowest BCUT2D eigenvalue weighted by Crippen LogP contribution is -2.17. The van der Waals surface area contributed by atoms with Gasteiger partial charge in [-0.05, 0) is 12.8 Å². The van der Waals surface area contributed by atoms with E-state index in [1.165, 1.54) is 6.20 Å². The Labute approximate surface area is 71.6 Å². The molecule has 0 aliphatic heterocycles. The van der Waals surface area contributed by atoms with Crippen molar-refractivity contribution in [3.8, 4) is 0 Å². The summed E-state index contributed by atoms with van der Waals surface area (Å²) in [4.78, 5) is 0. The molecule has 70 valence electrons. The molecule has 0 aromatic heterocycles. The average Bonchev–Trinajstić information content (AvgIpc) is 1.98.